The molecule has 1 N–H and O–H groups in total. The highest BCUT2D eigenvalue weighted by molar-refractivity contribution is 5.80. The van der Waals surface area contributed by atoms with Crippen molar-refractivity contribution >= 4 is 16.9 Å². The van der Waals surface area contributed by atoms with Gasteiger partial charge in [0, 0.05) is 24.7 Å². The van der Waals surface area contributed by atoms with Crippen molar-refractivity contribution < 1.29 is 9.90 Å². The topological polar surface area (TPSA) is 42.2 Å². The van der Waals surface area contributed by atoms with Gasteiger partial charge in [0.05, 0.1) is 0 Å². The van der Waals surface area contributed by atoms with Crippen molar-refractivity contribution in [1.82, 2.24) is 4.57 Å². The zero-order valence-corrected chi connectivity index (χ0v) is 10.7. The summed E-state index contributed by atoms with van der Waals surface area (Å²) in [5.74, 6) is -0.697. The fourth-order valence-corrected chi connectivity index (χ4v) is 2.22. The van der Waals surface area contributed by atoms with Crippen molar-refractivity contribution in [3.8, 4) is 0 Å². The maximum Gasteiger partial charge on any atom is 0.303 e. The van der Waals surface area contributed by atoms with Crippen LogP contribution in [0.25, 0.3) is 10.9 Å². The number of benzene rings is 1. The quantitative estimate of drug-likeness (QED) is 0.790. The van der Waals surface area contributed by atoms with Crippen molar-refractivity contribution in [2.45, 2.75) is 39.2 Å². The molecule has 0 saturated carbocycles. The molecule has 0 amide bonds. The van der Waals surface area contributed by atoms with Gasteiger partial charge in [-0.15, -0.1) is 0 Å². The molecule has 0 aliphatic rings. The first kappa shape index (κ1) is 12.7. The normalized spacial score (nSPS) is 10.9. The molecular weight excluding hydrogens is 226 g/mol. The van der Waals surface area contributed by atoms with Crippen molar-refractivity contribution in [3.63, 3.8) is 0 Å². The molecule has 3 nitrogen and oxygen atoms in total. The van der Waals surface area contributed by atoms with Crippen molar-refractivity contribution in [2.75, 3.05) is 0 Å². The Labute approximate surface area is 107 Å². The number of carbonyl (C=O) groups is 1. The lowest BCUT2D eigenvalue weighted by Crippen LogP contribution is -1.98. The molecule has 1 aromatic carbocycles. The van der Waals surface area contributed by atoms with Crippen molar-refractivity contribution in [1.29, 1.82) is 0 Å². The van der Waals surface area contributed by atoms with Gasteiger partial charge in [-0.05, 0) is 42.8 Å². The van der Waals surface area contributed by atoms with Crippen LogP contribution >= 0.6 is 0 Å². The second-order valence-corrected chi connectivity index (χ2v) is 4.78. The summed E-state index contributed by atoms with van der Waals surface area (Å²) in [7, 11) is 0. The van der Waals surface area contributed by atoms with E-state index in [1.807, 2.05) is 0 Å². The average molecular weight is 245 g/mol. The van der Waals surface area contributed by atoms with Crippen LogP contribution < -0.4 is 0 Å². The van der Waals surface area contributed by atoms with Crippen molar-refractivity contribution in [3.05, 3.63) is 36.0 Å². The van der Waals surface area contributed by atoms with E-state index < -0.39 is 5.97 Å². The predicted octanol–water partition coefficient (Wildman–Crippen LogP) is 3.59. The van der Waals surface area contributed by atoms with E-state index in [1.165, 1.54) is 16.5 Å². The van der Waals surface area contributed by atoms with E-state index >= 15 is 0 Å². The summed E-state index contributed by atoms with van der Waals surface area (Å²) in [4.78, 5) is 10.4. The summed E-state index contributed by atoms with van der Waals surface area (Å²) in [6, 6.07) is 8.60. The van der Waals surface area contributed by atoms with Gasteiger partial charge in [-0.1, -0.05) is 18.6 Å². The molecule has 1 aromatic heterocycles. The molecule has 96 valence electrons. The van der Waals surface area contributed by atoms with Gasteiger partial charge >= 0.3 is 5.97 Å². The Morgan fingerprint density at radius 1 is 1.22 bits per heavy atom. The number of hydrogen-bond acceptors (Lipinski definition) is 1. The maximum absolute atomic E-state index is 10.4. The Hall–Kier alpha value is -1.77. The molecule has 0 bridgehead atoms. The van der Waals surface area contributed by atoms with E-state index in [1.54, 1.807) is 0 Å². The lowest BCUT2D eigenvalue weighted by atomic mass is 10.2. The molecule has 3 heteroatoms. The third-order valence-electron chi connectivity index (χ3n) is 3.22. The summed E-state index contributed by atoms with van der Waals surface area (Å²) < 4.78 is 2.25. The number of aryl methyl sites for hydroxylation is 2. The molecule has 0 atom stereocenters. The SMILES string of the molecule is Cc1ccc2ccn(CCCCCC(=O)O)c2c1. The minimum absolute atomic E-state index is 0.283. The standard InChI is InChI=1S/C15H19NO2/c1-12-6-7-13-8-10-16(14(13)11-12)9-4-2-3-5-15(17)18/h6-8,10-11H,2-5,9H2,1H3,(H,17,18). The summed E-state index contributed by atoms with van der Waals surface area (Å²) in [5, 5.41) is 9.83. The minimum atomic E-state index is -0.697. The summed E-state index contributed by atoms with van der Waals surface area (Å²) >= 11 is 0. The second-order valence-electron chi connectivity index (χ2n) is 4.78. The van der Waals surface area contributed by atoms with Gasteiger partial charge in [0.2, 0.25) is 0 Å². The van der Waals surface area contributed by atoms with Crippen LogP contribution in [0.1, 0.15) is 31.2 Å². The van der Waals surface area contributed by atoms with Gasteiger partial charge in [0.1, 0.15) is 0 Å². The number of hydrogen-bond donors (Lipinski definition) is 1. The number of nitrogens with zero attached hydrogens (tertiary/aromatic N) is 1. The summed E-state index contributed by atoms with van der Waals surface area (Å²) in [6.45, 7) is 3.07. The van der Waals surface area contributed by atoms with Crippen LogP contribution in [-0.4, -0.2) is 15.6 Å². The Balaban J connectivity index is 1.91. The van der Waals surface area contributed by atoms with E-state index in [0.29, 0.717) is 0 Å². The monoisotopic (exact) mass is 245 g/mol. The smallest absolute Gasteiger partial charge is 0.303 e. The molecule has 0 aliphatic heterocycles. The van der Waals surface area contributed by atoms with Gasteiger partial charge in [0.15, 0.2) is 0 Å². The average Bonchev–Trinajstić information content (AvgIpc) is 2.71. The lowest BCUT2D eigenvalue weighted by Gasteiger charge is -2.05. The first-order valence-corrected chi connectivity index (χ1v) is 6.44. The first-order valence-electron chi connectivity index (χ1n) is 6.44. The molecule has 0 radical (unpaired) electrons. The molecule has 2 aromatic rings. The van der Waals surface area contributed by atoms with Crippen molar-refractivity contribution in [2.24, 2.45) is 0 Å². The summed E-state index contributed by atoms with van der Waals surface area (Å²) in [5.41, 5.74) is 2.54. The van der Waals surface area contributed by atoms with Crippen LogP contribution in [0.5, 0.6) is 0 Å². The lowest BCUT2D eigenvalue weighted by molar-refractivity contribution is -0.137. The zero-order valence-electron chi connectivity index (χ0n) is 10.7. The first-order chi connectivity index (χ1) is 8.66. The predicted molar refractivity (Wildman–Crippen MR) is 72.8 cm³/mol. The van der Waals surface area contributed by atoms with E-state index in [-0.39, 0.29) is 6.42 Å². The fourth-order valence-electron chi connectivity index (χ4n) is 2.22. The number of carboxylic acids is 1. The van der Waals surface area contributed by atoms with Crippen LogP contribution in [0.3, 0.4) is 0 Å². The number of carboxylic acid groups (broad SMARTS) is 1. The van der Waals surface area contributed by atoms with Crippen LogP contribution in [0.2, 0.25) is 0 Å². The van der Waals surface area contributed by atoms with Crippen LogP contribution in [0, 0.1) is 6.92 Å². The Morgan fingerprint density at radius 2 is 2.06 bits per heavy atom. The van der Waals surface area contributed by atoms with Gasteiger partial charge in [-0.25, -0.2) is 0 Å². The van der Waals surface area contributed by atoms with Crippen LogP contribution in [-0.2, 0) is 11.3 Å². The molecule has 2 rings (SSSR count). The van der Waals surface area contributed by atoms with Gasteiger partial charge in [-0.3, -0.25) is 4.79 Å². The Bertz CT molecular complexity index is 542. The number of unbranched alkanes of at least 4 members (excludes halogenated alkanes) is 2. The van der Waals surface area contributed by atoms with Gasteiger partial charge in [-0.2, -0.15) is 0 Å². The summed E-state index contributed by atoms with van der Waals surface area (Å²) in [6.07, 6.45) is 5.17. The molecular formula is C15H19NO2. The highest BCUT2D eigenvalue weighted by Gasteiger charge is 2.01. The van der Waals surface area contributed by atoms with E-state index in [9.17, 15) is 4.79 Å². The molecule has 0 fully saturated rings. The maximum atomic E-state index is 10.4. The fraction of sp³-hybridized carbons (Fsp3) is 0.400. The second kappa shape index (κ2) is 5.71. The van der Waals surface area contributed by atoms with Crippen LogP contribution in [0.15, 0.2) is 30.5 Å². The number of fused-ring (bicyclic) bond motifs is 1. The van der Waals surface area contributed by atoms with Crippen LogP contribution in [0.4, 0.5) is 0 Å². The third kappa shape index (κ3) is 3.13. The molecule has 0 aliphatic carbocycles. The van der Waals surface area contributed by atoms with Gasteiger partial charge < -0.3 is 9.67 Å². The van der Waals surface area contributed by atoms with E-state index in [0.717, 1.165) is 25.8 Å². The zero-order chi connectivity index (χ0) is 13.0. The van der Waals surface area contributed by atoms with E-state index in [4.69, 9.17) is 5.11 Å². The van der Waals surface area contributed by atoms with Gasteiger partial charge in [0.25, 0.3) is 0 Å². The molecule has 1 heterocycles. The number of aliphatic carboxylic acids is 1. The Morgan fingerprint density at radius 3 is 2.83 bits per heavy atom. The molecule has 0 unspecified atom stereocenters. The highest BCUT2D eigenvalue weighted by atomic mass is 16.4. The third-order valence-corrected chi connectivity index (χ3v) is 3.22. The molecule has 18 heavy (non-hydrogen) atoms. The number of rotatable bonds is 6. The largest absolute Gasteiger partial charge is 0.481 e. The highest BCUT2D eigenvalue weighted by Crippen LogP contribution is 2.18. The molecule has 0 spiro atoms. The Kier molecular flexibility index (Phi) is 4.03. The minimum Gasteiger partial charge on any atom is -0.481 e. The van der Waals surface area contributed by atoms with E-state index in [2.05, 4.69) is 42.0 Å². The molecule has 0 saturated heterocycles. The number of aromatic nitrogens is 1.